The number of anilines is 1. The Morgan fingerprint density at radius 1 is 1.38 bits per heavy atom. The summed E-state index contributed by atoms with van der Waals surface area (Å²) in [4.78, 5) is 9.90. The van der Waals surface area contributed by atoms with Gasteiger partial charge >= 0.3 is 0 Å². The van der Waals surface area contributed by atoms with Crippen LogP contribution < -0.4 is 11.1 Å². The monoisotopic (exact) mass is 304 g/mol. The standard InChI is InChI=1S/C15H20N4OS/c1-10-14(21-11(2)18-10)8-17-15(16)19-13-7-5-4-6-12(13)9-20-3/h4-7H,8-9H2,1-3H3,(H3,16,17,19). The van der Waals surface area contributed by atoms with E-state index in [-0.39, 0.29) is 0 Å². The van der Waals surface area contributed by atoms with Crippen molar-refractivity contribution < 1.29 is 4.74 Å². The van der Waals surface area contributed by atoms with Crippen molar-refractivity contribution in [2.75, 3.05) is 12.4 Å². The number of rotatable bonds is 5. The number of aliphatic imine (C=N–C) groups is 1. The smallest absolute Gasteiger partial charge is 0.193 e. The molecule has 2 aromatic rings. The number of nitrogens with one attached hydrogen (secondary N) is 1. The lowest BCUT2D eigenvalue weighted by atomic mass is 10.2. The molecule has 0 spiro atoms. The van der Waals surface area contributed by atoms with Crippen molar-refractivity contribution in [1.82, 2.24) is 4.98 Å². The number of aryl methyl sites for hydroxylation is 2. The van der Waals surface area contributed by atoms with Gasteiger partial charge in [0.1, 0.15) is 0 Å². The lowest BCUT2D eigenvalue weighted by Gasteiger charge is -2.10. The first kappa shape index (κ1) is 15.5. The average molecular weight is 304 g/mol. The first-order valence-electron chi connectivity index (χ1n) is 6.67. The van der Waals surface area contributed by atoms with Gasteiger partial charge in [0, 0.05) is 23.2 Å². The molecule has 2 rings (SSSR count). The zero-order valence-electron chi connectivity index (χ0n) is 12.5. The fourth-order valence-corrected chi connectivity index (χ4v) is 2.84. The molecular formula is C15H20N4OS. The second-order valence-electron chi connectivity index (χ2n) is 4.66. The number of aromatic nitrogens is 1. The molecule has 5 nitrogen and oxygen atoms in total. The Morgan fingerprint density at radius 2 is 2.14 bits per heavy atom. The third-order valence-corrected chi connectivity index (χ3v) is 4.03. The molecular weight excluding hydrogens is 284 g/mol. The molecule has 0 aliphatic rings. The van der Waals surface area contributed by atoms with Crippen molar-refractivity contribution in [3.8, 4) is 0 Å². The predicted molar refractivity (Wildman–Crippen MR) is 87.7 cm³/mol. The second-order valence-corrected chi connectivity index (χ2v) is 5.95. The van der Waals surface area contributed by atoms with Crippen LogP contribution in [0.15, 0.2) is 29.3 Å². The summed E-state index contributed by atoms with van der Waals surface area (Å²) >= 11 is 1.65. The molecule has 6 heteroatoms. The van der Waals surface area contributed by atoms with Crippen LogP contribution in [0.1, 0.15) is 21.1 Å². The van der Waals surface area contributed by atoms with Crippen LogP contribution in [0.3, 0.4) is 0 Å². The van der Waals surface area contributed by atoms with Crippen LogP contribution in [-0.4, -0.2) is 18.1 Å². The molecule has 0 unspecified atom stereocenters. The largest absolute Gasteiger partial charge is 0.380 e. The van der Waals surface area contributed by atoms with Crippen LogP contribution in [-0.2, 0) is 17.9 Å². The summed E-state index contributed by atoms with van der Waals surface area (Å²) in [5.74, 6) is 0.393. The molecule has 0 aliphatic heterocycles. The van der Waals surface area contributed by atoms with E-state index in [2.05, 4.69) is 15.3 Å². The Morgan fingerprint density at radius 3 is 2.81 bits per heavy atom. The first-order valence-corrected chi connectivity index (χ1v) is 7.48. The summed E-state index contributed by atoms with van der Waals surface area (Å²) in [6.45, 7) is 5.06. The molecule has 0 fully saturated rings. The summed E-state index contributed by atoms with van der Waals surface area (Å²) < 4.78 is 5.17. The Labute approximate surface area is 128 Å². The number of nitrogens with zero attached hydrogens (tertiary/aromatic N) is 2. The van der Waals surface area contributed by atoms with E-state index in [9.17, 15) is 0 Å². The van der Waals surface area contributed by atoms with Crippen LogP contribution in [0.25, 0.3) is 0 Å². The molecule has 0 atom stereocenters. The van der Waals surface area contributed by atoms with Gasteiger partial charge in [-0.15, -0.1) is 11.3 Å². The van der Waals surface area contributed by atoms with Gasteiger partial charge in [-0.1, -0.05) is 18.2 Å². The van der Waals surface area contributed by atoms with Crippen molar-refractivity contribution in [3.05, 3.63) is 45.4 Å². The minimum Gasteiger partial charge on any atom is -0.380 e. The number of ether oxygens (including phenoxy) is 1. The molecule has 21 heavy (non-hydrogen) atoms. The van der Waals surface area contributed by atoms with Gasteiger partial charge in [0.15, 0.2) is 5.96 Å². The molecule has 0 radical (unpaired) electrons. The quantitative estimate of drug-likeness (QED) is 0.658. The minimum absolute atomic E-state index is 0.393. The van der Waals surface area contributed by atoms with E-state index >= 15 is 0 Å². The maximum Gasteiger partial charge on any atom is 0.193 e. The van der Waals surface area contributed by atoms with E-state index in [0.29, 0.717) is 19.1 Å². The molecule has 3 N–H and O–H groups in total. The van der Waals surface area contributed by atoms with Gasteiger partial charge in [-0.2, -0.15) is 0 Å². The number of guanidine groups is 1. The molecule has 0 saturated heterocycles. The summed E-state index contributed by atoms with van der Waals surface area (Å²) in [7, 11) is 1.67. The van der Waals surface area contributed by atoms with E-state index in [0.717, 1.165) is 26.8 Å². The van der Waals surface area contributed by atoms with Crippen molar-refractivity contribution in [3.63, 3.8) is 0 Å². The van der Waals surface area contributed by atoms with E-state index in [1.54, 1.807) is 18.4 Å². The lowest BCUT2D eigenvalue weighted by molar-refractivity contribution is 0.185. The molecule has 0 bridgehead atoms. The Bertz CT molecular complexity index is 636. The van der Waals surface area contributed by atoms with Crippen molar-refractivity contribution in [1.29, 1.82) is 0 Å². The van der Waals surface area contributed by atoms with Crippen LogP contribution >= 0.6 is 11.3 Å². The zero-order chi connectivity index (χ0) is 15.2. The van der Waals surface area contributed by atoms with Crippen molar-refractivity contribution in [2.45, 2.75) is 27.0 Å². The molecule has 1 aromatic carbocycles. The second kappa shape index (κ2) is 7.19. The number of hydrogen-bond donors (Lipinski definition) is 2. The van der Waals surface area contributed by atoms with Gasteiger partial charge in [0.05, 0.1) is 23.9 Å². The molecule has 112 valence electrons. The Hall–Kier alpha value is -1.92. The lowest BCUT2D eigenvalue weighted by Crippen LogP contribution is -2.23. The van der Waals surface area contributed by atoms with Crippen LogP contribution in [0, 0.1) is 13.8 Å². The topological polar surface area (TPSA) is 72.5 Å². The predicted octanol–water partition coefficient (Wildman–Crippen LogP) is 2.83. The maximum atomic E-state index is 5.96. The molecule has 1 heterocycles. The van der Waals surface area contributed by atoms with E-state index < -0.39 is 0 Å². The number of para-hydroxylation sites is 1. The zero-order valence-corrected chi connectivity index (χ0v) is 13.3. The van der Waals surface area contributed by atoms with Gasteiger partial charge < -0.3 is 15.8 Å². The average Bonchev–Trinajstić information content (AvgIpc) is 2.77. The van der Waals surface area contributed by atoms with Gasteiger partial charge in [0.25, 0.3) is 0 Å². The highest BCUT2D eigenvalue weighted by Crippen LogP contribution is 2.18. The van der Waals surface area contributed by atoms with Crippen LogP contribution in [0.4, 0.5) is 5.69 Å². The van der Waals surface area contributed by atoms with Crippen molar-refractivity contribution >= 4 is 23.0 Å². The van der Waals surface area contributed by atoms with Gasteiger partial charge in [0.2, 0.25) is 0 Å². The molecule has 0 amide bonds. The molecule has 1 aromatic heterocycles. The Balaban J connectivity index is 2.05. The van der Waals surface area contributed by atoms with E-state index in [4.69, 9.17) is 10.5 Å². The SMILES string of the molecule is COCc1ccccc1NC(N)=NCc1sc(C)nc1C. The summed E-state index contributed by atoms with van der Waals surface area (Å²) in [6, 6.07) is 7.87. The summed E-state index contributed by atoms with van der Waals surface area (Å²) in [6.07, 6.45) is 0. The van der Waals surface area contributed by atoms with Gasteiger partial charge in [-0.05, 0) is 19.9 Å². The third-order valence-electron chi connectivity index (χ3n) is 2.97. The van der Waals surface area contributed by atoms with E-state index in [1.165, 1.54) is 0 Å². The first-order chi connectivity index (χ1) is 10.1. The van der Waals surface area contributed by atoms with Crippen LogP contribution in [0.5, 0.6) is 0 Å². The summed E-state index contributed by atoms with van der Waals surface area (Å²) in [5, 5.41) is 4.17. The van der Waals surface area contributed by atoms with E-state index in [1.807, 2.05) is 38.1 Å². The normalized spacial score (nSPS) is 11.7. The fourth-order valence-electron chi connectivity index (χ4n) is 1.98. The number of benzene rings is 1. The highest BCUT2D eigenvalue weighted by molar-refractivity contribution is 7.11. The fraction of sp³-hybridized carbons (Fsp3) is 0.333. The maximum absolute atomic E-state index is 5.96. The summed E-state index contributed by atoms with van der Waals surface area (Å²) in [5.41, 5.74) is 8.94. The number of methoxy groups -OCH3 is 1. The highest BCUT2D eigenvalue weighted by Gasteiger charge is 2.05. The minimum atomic E-state index is 0.393. The number of thiazole rings is 1. The molecule has 0 saturated carbocycles. The van der Waals surface area contributed by atoms with Gasteiger partial charge in [-0.25, -0.2) is 9.98 Å². The molecule has 0 aliphatic carbocycles. The van der Waals surface area contributed by atoms with Crippen LogP contribution in [0.2, 0.25) is 0 Å². The highest BCUT2D eigenvalue weighted by atomic mass is 32.1. The number of nitrogens with two attached hydrogens (primary N) is 1. The number of hydrogen-bond acceptors (Lipinski definition) is 4. The third kappa shape index (κ3) is 4.27. The Kier molecular flexibility index (Phi) is 5.30. The van der Waals surface area contributed by atoms with Gasteiger partial charge in [-0.3, -0.25) is 0 Å². The van der Waals surface area contributed by atoms with Crippen molar-refractivity contribution in [2.24, 2.45) is 10.7 Å².